The molecule has 0 aromatic rings. The number of carbonyl (C=O) groups excluding carboxylic acids is 1. The molecule has 3 nitrogen and oxygen atoms in total. The minimum Gasteiger partial charge on any atom is -0.341 e. The smallest absolute Gasteiger partial charge is 0.223 e. The van der Waals surface area contributed by atoms with Crippen LogP contribution in [-0.4, -0.2) is 37.0 Å². The minimum atomic E-state index is 0.183. The molecule has 1 aliphatic heterocycles. The number of hydrogen-bond acceptors (Lipinski definition) is 2. The van der Waals surface area contributed by atoms with Crippen molar-refractivity contribution in [3.8, 4) is 0 Å². The second-order valence-corrected chi connectivity index (χ2v) is 7.14. The first-order valence-electron chi connectivity index (χ1n) is 6.61. The Morgan fingerprint density at radius 1 is 1.41 bits per heavy atom. The van der Waals surface area contributed by atoms with E-state index in [1.54, 1.807) is 0 Å². The van der Waals surface area contributed by atoms with Gasteiger partial charge < -0.3 is 10.2 Å². The lowest BCUT2D eigenvalue weighted by molar-refractivity contribution is -0.137. The maximum Gasteiger partial charge on any atom is 0.223 e. The van der Waals surface area contributed by atoms with Crippen LogP contribution in [-0.2, 0) is 4.79 Å². The SMILES string of the molecule is CNC(CN1CCC(C)(C)CC1=O)C(C)(C)C. The summed E-state index contributed by atoms with van der Waals surface area (Å²) in [6.45, 7) is 12.7. The zero-order valence-corrected chi connectivity index (χ0v) is 12.3. The number of nitrogens with zero attached hydrogens (tertiary/aromatic N) is 1. The highest BCUT2D eigenvalue weighted by Crippen LogP contribution is 2.31. The van der Waals surface area contributed by atoms with Crippen molar-refractivity contribution in [3.63, 3.8) is 0 Å². The highest BCUT2D eigenvalue weighted by Gasteiger charge is 2.34. The summed E-state index contributed by atoms with van der Waals surface area (Å²) in [5.74, 6) is 0.311. The number of hydrogen-bond donors (Lipinski definition) is 1. The molecule has 1 heterocycles. The highest BCUT2D eigenvalue weighted by atomic mass is 16.2. The van der Waals surface area contributed by atoms with Crippen molar-refractivity contribution in [1.82, 2.24) is 10.2 Å². The van der Waals surface area contributed by atoms with E-state index in [1.165, 1.54) is 0 Å². The van der Waals surface area contributed by atoms with Gasteiger partial charge in [-0.15, -0.1) is 0 Å². The fourth-order valence-corrected chi connectivity index (χ4v) is 2.38. The van der Waals surface area contributed by atoms with E-state index < -0.39 is 0 Å². The molecule has 17 heavy (non-hydrogen) atoms. The summed E-state index contributed by atoms with van der Waals surface area (Å²) in [6, 6.07) is 0.354. The average Bonchev–Trinajstić information content (AvgIpc) is 2.13. The lowest BCUT2D eigenvalue weighted by Crippen LogP contribution is -2.51. The zero-order chi connectivity index (χ0) is 13.3. The van der Waals surface area contributed by atoms with Gasteiger partial charge in [-0.1, -0.05) is 34.6 Å². The number of likely N-dealkylation sites (N-methyl/N-ethyl adjacent to an activating group) is 1. The van der Waals surface area contributed by atoms with Crippen molar-refractivity contribution < 1.29 is 4.79 Å². The molecule has 1 aliphatic rings. The normalized spacial score (nSPS) is 22.7. The number of rotatable bonds is 3. The van der Waals surface area contributed by atoms with Gasteiger partial charge in [0.15, 0.2) is 0 Å². The lowest BCUT2D eigenvalue weighted by atomic mass is 9.81. The van der Waals surface area contributed by atoms with Crippen LogP contribution in [0.2, 0.25) is 0 Å². The third kappa shape index (κ3) is 3.98. The van der Waals surface area contributed by atoms with Crippen LogP contribution in [0.1, 0.15) is 47.5 Å². The summed E-state index contributed by atoms with van der Waals surface area (Å²) in [5, 5.41) is 3.34. The Labute approximate surface area is 106 Å². The second-order valence-electron chi connectivity index (χ2n) is 7.14. The Balaban J connectivity index is 2.61. The molecule has 0 aromatic heterocycles. The summed E-state index contributed by atoms with van der Waals surface area (Å²) < 4.78 is 0. The molecule has 1 rings (SSSR count). The third-order valence-corrected chi connectivity index (χ3v) is 3.84. The van der Waals surface area contributed by atoms with Crippen molar-refractivity contribution in [3.05, 3.63) is 0 Å². The van der Waals surface area contributed by atoms with E-state index >= 15 is 0 Å². The Morgan fingerprint density at radius 3 is 2.41 bits per heavy atom. The van der Waals surface area contributed by atoms with Gasteiger partial charge in [-0.3, -0.25) is 4.79 Å². The van der Waals surface area contributed by atoms with Crippen LogP contribution in [0.5, 0.6) is 0 Å². The molecular weight excluding hydrogens is 212 g/mol. The first-order valence-corrected chi connectivity index (χ1v) is 6.61. The van der Waals surface area contributed by atoms with Crippen LogP contribution in [0.25, 0.3) is 0 Å². The van der Waals surface area contributed by atoms with Gasteiger partial charge in [0.05, 0.1) is 0 Å². The first-order chi connectivity index (χ1) is 7.65. The van der Waals surface area contributed by atoms with Crippen LogP contribution in [0, 0.1) is 10.8 Å². The molecule has 1 N–H and O–H groups in total. The Hall–Kier alpha value is -0.570. The number of piperidine rings is 1. The van der Waals surface area contributed by atoms with Crippen LogP contribution in [0.3, 0.4) is 0 Å². The lowest BCUT2D eigenvalue weighted by Gasteiger charge is -2.40. The topological polar surface area (TPSA) is 32.3 Å². The van der Waals surface area contributed by atoms with E-state index in [-0.39, 0.29) is 10.8 Å². The second kappa shape index (κ2) is 4.97. The van der Waals surface area contributed by atoms with Crippen molar-refractivity contribution in [2.45, 2.75) is 53.5 Å². The zero-order valence-electron chi connectivity index (χ0n) is 12.3. The van der Waals surface area contributed by atoms with Crippen molar-refractivity contribution in [2.75, 3.05) is 20.1 Å². The molecule has 0 spiro atoms. The van der Waals surface area contributed by atoms with E-state index in [0.717, 1.165) is 19.5 Å². The summed E-state index contributed by atoms with van der Waals surface area (Å²) in [6.07, 6.45) is 1.80. The molecule has 0 bridgehead atoms. The minimum absolute atomic E-state index is 0.183. The van der Waals surface area contributed by atoms with E-state index in [1.807, 2.05) is 11.9 Å². The maximum absolute atomic E-state index is 12.1. The molecule has 1 unspecified atom stereocenters. The summed E-state index contributed by atoms with van der Waals surface area (Å²) in [7, 11) is 1.98. The van der Waals surface area contributed by atoms with Gasteiger partial charge in [0, 0.05) is 25.6 Å². The Bertz CT molecular complexity index is 278. The molecular formula is C14H28N2O. The largest absolute Gasteiger partial charge is 0.341 e. The van der Waals surface area contributed by atoms with Gasteiger partial charge in [-0.25, -0.2) is 0 Å². The highest BCUT2D eigenvalue weighted by molar-refractivity contribution is 5.77. The molecule has 0 saturated carbocycles. The van der Waals surface area contributed by atoms with Gasteiger partial charge in [-0.05, 0) is 24.3 Å². The number of nitrogens with one attached hydrogen (secondary N) is 1. The number of carbonyl (C=O) groups is 1. The van der Waals surface area contributed by atoms with Crippen LogP contribution < -0.4 is 5.32 Å². The summed E-state index contributed by atoms with van der Waals surface area (Å²) in [5.41, 5.74) is 0.368. The maximum atomic E-state index is 12.1. The van der Waals surface area contributed by atoms with E-state index in [4.69, 9.17) is 0 Å². The number of amides is 1. The van der Waals surface area contributed by atoms with Crippen LogP contribution in [0.4, 0.5) is 0 Å². The predicted octanol–water partition coefficient (Wildman–Crippen LogP) is 2.27. The molecule has 0 radical (unpaired) electrons. The predicted molar refractivity (Wildman–Crippen MR) is 71.9 cm³/mol. The van der Waals surface area contributed by atoms with E-state index in [2.05, 4.69) is 39.9 Å². The summed E-state index contributed by atoms with van der Waals surface area (Å²) in [4.78, 5) is 14.1. The van der Waals surface area contributed by atoms with Crippen molar-refractivity contribution in [1.29, 1.82) is 0 Å². The molecule has 0 aromatic carbocycles. The van der Waals surface area contributed by atoms with Crippen LogP contribution in [0.15, 0.2) is 0 Å². The van der Waals surface area contributed by atoms with Crippen LogP contribution >= 0.6 is 0 Å². The standard InChI is InChI=1S/C14H28N2O/c1-13(2,3)11(15-6)10-16-8-7-14(4,5)9-12(16)17/h11,15H,7-10H2,1-6H3. The first kappa shape index (κ1) is 14.5. The molecule has 3 heteroatoms. The average molecular weight is 240 g/mol. The molecule has 0 aliphatic carbocycles. The van der Waals surface area contributed by atoms with Gasteiger partial charge in [0.25, 0.3) is 0 Å². The summed E-state index contributed by atoms with van der Waals surface area (Å²) >= 11 is 0. The molecule has 1 saturated heterocycles. The fourth-order valence-electron chi connectivity index (χ4n) is 2.38. The fraction of sp³-hybridized carbons (Fsp3) is 0.929. The molecule has 1 amide bonds. The van der Waals surface area contributed by atoms with Gasteiger partial charge in [0.1, 0.15) is 0 Å². The molecule has 1 atom stereocenters. The van der Waals surface area contributed by atoms with Gasteiger partial charge in [0.2, 0.25) is 5.91 Å². The molecule has 100 valence electrons. The van der Waals surface area contributed by atoms with Crippen molar-refractivity contribution >= 4 is 5.91 Å². The van der Waals surface area contributed by atoms with Crippen molar-refractivity contribution in [2.24, 2.45) is 10.8 Å². The van der Waals surface area contributed by atoms with E-state index in [0.29, 0.717) is 18.4 Å². The Kier molecular flexibility index (Phi) is 4.23. The molecule has 1 fully saturated rings. The van der Waals surface area contributed by atoms with Gasteiger partial charge >= 0.3 is 0 Å². The Morgan fingerprint density at radius 2 is 2.00 bits per heavy atom. The van der Waals surface area contributed by atoms with Gasteiger partial charge in [-0.2, -0.15) is 0 Å². The number of likely N-dealkylation sites (tertiary alicyclic amines) is 1. The third-order valence-electron chi connectivity index (χ3n) is 3.84. The monoisotopic (exact) mass is 240 g/mol. The quantitative estimate of drug-likeness (QED) is 0.821. The van der Waals surface area contributed by atoms with E-state index in [9.17, 15) is 4.79 Å².